The summed E-state index contributed by atoms with van der Waals surface area (Å²) in [5.41, 5.74) is -0.610. The fraction of sp³-hybridized carbons (Fsp3) is 0.867. The maximum atomic E-state index is 12.9. The van der Waals surface area contributed by atoms with Crippen molar-refractivity contribution in [3.05, 3.63) is 0 Å². The molecular weight excluding hydrogens is 256 g/mol. The van der Waals surface area contributed by atoms with E-state index in [1.165, 1.54) is 0 Å². The van der Waals surface area contributed by atoms with Crippen molar-refractivity contribution < 1.29 is 14.3 Å². The molecule has 0 aromatic rings. The first kappa shape index (κ1) is 15.3. The Bertz CT molecular complexity index is 416. The highest BCUT2D eigenvalue weighted by Gasteiger charge is 2.49. The third kappa shape index (κ3) is 2.55. The Kier molecular flexibility index (Phi) is 3.84. The molecule has 3 atom stereocenters. The lowest BCUT2D eigenvalue weighted by atomic mass is 9.84. The van der Waals surface area contributed by atoms with Crippen molar-refractivity contribution >= 4 is 11.8 Å². The third-order valence-electron chi connectivity index (χ3n) is 4.72. The minimum atomic E-state index is -0.470. The van der Waals surface area contributed by atoms with Gasteiger partial charge in [0.1, 0.15) is 6.04 Å². The summed E-state index contributed by atoms with van der Waals surface area (Å²) < 4.78 is 5.66. The van der Waals surface area contributed by atoms with Crippen molar-refractivity contribution in [3.8, 4) is 0 Å². The molecule has 0 aromatic carbocycles. The number of amides is 2. The van der Waals surface area contributed by atoms with E-state index in [-0.39, 0.29) is 28.9 Å². The van der Waals surface area contributed by atoms with Gasteiger partial charge in [-0.2, -0.15) is 0 Å². The Labute approximate surface area is 121 Å². The maximum absolute atomic E-state index is 12.9. The Balaban J connectivity index is 2.33. The number of ether oxygens (including phenoxy) is 1. The van der Waals surface area contributed by atoms with E-state index in [1.807, 2.05) is 32.6 Å². The fourth-order valence-corrected chi connectivity index (χ4v) is 3.05. The Morgan fingerprint density at radius 2 is 2.00 bits per heavy atom. The molecule has 2 aliphatic heterocycles. The SMILES string of the molecule is CC1OCCC1(C)N1CCC(=O)NC(C(C)(C)C)C1=O. The van der Waals surface area contributed by atoms with Crippen molar-refractivity contribution in [2.45, 2.75) is 65.1 Å². The molecule has 5 nitrogen and oxygen atoms in total. The van der Waals surface area contributed by atoms with Crippen LogP contribution in [0.1, 0.15) is 47.5 Å². The number of rotatable bonds is 1. The van der Waals surface area contributed by atoms with Gasteiger partial charge in [-0.15, -0.1) is 0 Å². The predicted octanol–water partition coefficient (Wildman–Crippen LogP) is 1.32. The van der Waals surface area contributed by atoms with Crippen molar-refractivity contribution in [3.63, 3.8) is 0 Å². The average molecular weight is 282 g/mol. The summed E-state index contributed by atoms with van der Waals surface area (Å²) in [5.74, 6) is -0.0286. The van der Waals surface area contributed by atoms with Crippen molar-refractivity contribution in [1.29, 1.82) is 0 Å². The standard InChI is InChI=1S/C15H26N2O3/c1-10-15(5,7-9-20-10)17-8-6-11(18)16-12(13(17)19)14(2,3)4/h10,12H,6-9H2,1-5H3,(H,16,18). The molecule has 0 aliphatic carbocycles. The summed E-state index contributed by atoms with van der Waals surface area (Å²) >= 11 is 0. The Morgan fingerprint density at radius 1 is 1.35 bits per heavy atom. The molecular formula is C15H26N2O3. The zero-order valence-electron chi connectivity index (χ0n) is 13.2. The largest absolute Gasteiger partial charge is 0.376 e. The molecule has 2 heterocycles. The first-order chi connectivity index (χ1) is 9.16. The Morgan fingerprint density at radius 3 is 2.50 bits per heavy atom. The van der Waals surface area contributed by atoms with Crippen LogP contribution >= 0.6 is 0 Å². The number of nitrogens with one attached hydrogen (secondary N) is 1. The third-order valence-corrected chi connectivity index (χ3v) is 4.72. The van der Waals surface area contributed by atoms with Crippen LogP contribution in [0.4, 0.5) is 0 Å². The summed E-state index contributed by atoms with van der Waals surface area (Å²) in [7, 11) is 0. The fourth-order valence-electron chi connectivity index (χ4n) is 3.05. The smallest absolute Gasteiger partial charge is 0.246 e. The van der Waals surface area contributed by atoms with E-state index in [0.29, 0.717) is 19.6 Å². The lowest BCUT2D eigenvalue weighted by Gasteiger charge is -2.42. The number of carbonyl (C=O) groups is 2. The zero-order chi connectivity index (χ0) is 15.1. The average Bonchev–Trinajstić information content (AvgIpc) is 2.56. The van der Waals surface area contributed by atoms with E-state index in [4.69, 9.17) is 4.74 Å². The lowest BCUT2D eigenvalue weighted by molar-refractivity contribution is -0.143. The van der Waals surface area contributed by atoms with Gasteiger partial charge in [0.25, 0.3) is 0 Å². The van der Waals surface area contributed by atoms with Gasteiger partial charge in [0.05, 0.1) is 11.6 Å². The molecule has 2 amide bonds. The molecule has 2 fully saturated rings. The van der Waals surface area contributed by atoms with Crippen molar-refractivity contribution in [2.75, 3.05) is 13.2 Å². The van der Waals surface area contributed by atoms with E-state index in [2.05, 4.69) is 12.2 Å². The first-order valence-corrected chi connectivity index (χ1v) is 7.39. The van der Waals surface area contributed by atoms with E-state index in [1.54, 1.807) is 0 Å². The van der Waals surface area contributed by atoms with Gasteiger partial charge in [0, 0.05) is 19.6 Å². The highest BCUT2D eigenvalue weighted by atomic mass is 16.5. The number of hydrogen-bond acceptors (Lipinski definition) is 3. The summed E-state index contributed by atoms with van der Waals surface area (Å²) in [6, 6.07) is -0.470. The number of carbonyl (C=O) groups excluding carboxylic acids is 2. The molecule has 1 N–H and O–H groups in total. The van der Waals surface area contributed by atoms with E-state index in [0.717, 1.165) is 6.42 Å². The normalized spacial score (nSPS) is 36.0. The van der Waals surface area contributed by atoms with Crippen molar-refractivity contribution in [2.24, 2.45) is 5.41 Å². The molecule has 0 spiro atoms. The van der Waals surface area contributed by atoms with Gasteiger partial charge in [-0.25, -0.2) is 0 Å². The summed E-state index contributed by atoms with van der Waals surface area (Å²) in [6.45, 7) is 11.2. The highest BCUT2D eigenvalue weighted by Crippen LogP contribution is 2.35. The van der Waals surface area contributed by atoms with Crippen LogP contribution in [0.3, 0.4) is 0 Å². The molecule has 2 rings (SSSR count). The molecule has 0 radical (unpaired) electrons. The van der Waals surface area contributed by atoms with Crippen LogP contribution in [-0.4, -0.2) is 47.6 Å². The molecule has 5 heteroatoms. The minimum absolute atomic E-state index is 0.000250. The van der Waals surface area contributed by atoms with E-state index >= 15 is 0 Å². The highest BCUT2D eigenvalue weighted by molar-refractivity contribution is 5.91. The van der Waals surface area contributed by atoms with Crippen LogP contribution in [0, 0.1) is 5.41 Å². The Hall–Kier alpha value is -1.10. The van der Waals surface area contributed by atoms with Gasteiger partial charge in [0.15, 0.2) is 0 Å². The molecule has 0 aromatic heterocycles. The first-order valence-electron chi connectivity index (χ1n) is 7.39. The van der Waals surface area contributed by atoms with Gasteiger partial charge in [-0.1, -0.05) is 20.8 Å². The van der Waals surface area contributed by atoms with Gasteiger partial charge < -0.3 is 15.0 Å². The summed E-state index contributed by atoms with van der Waals surface area (Å²) in [4.78, 5) is 26.7. The molecule has 2 saturated heterocycles. The van der Waals surface area contributed by atoms with E-state index < -0.39 is 6.04 Å². The minimum Gasteiger partial charge on any atom is -0.376 e. The number of hydrogen-bond donors (Lipinski definition) is 1. The number of nitrogens with zero attached hydrogens (tertiary/aromatic N) is 1. The summed E-state index contributed by atoms with van der Waals surface area (Å²) in [5, 5.41) is 2.88. The molecule has 2 aliphatic rings. The van der Waals surface area contributed by atoms with Gasteiger partial charge in [-0.05, 0) is 25.7 Å². The topological polar surface area (TPSA) is 58.6 Å². The predicted molar refractivity (Wildman–Crippen MR) is 76.2 cm³/mol. The molecule has 20 heavy (non-hydrogen) atoms. The molecule has 3 unspecified atom stereocenters. The second-order valence-corrected chi connectivity index (χ2v) is 7.23. The van der Waals surface area contributed by atoms with Gasteiger partial charge in [-0.3, -0.25) is 9.59 Å². The van der Waals surface area contributed by atoms with Crippen LogP contribution in [0.2, 0.25) is 0 Å². The van der Waals surface area contributed by atoms with Crippen molar-refractivity contribution in [1.82, 2.24) is 10.2 Å². The second kappa shape index (κ2) is 5.02. The van der Waals surface area contributed by atoms with Crippen LogP contribution in [0.25, 0.3) is 0 Å². The molecule has 114 valence electrons. The quantitative estimate of drug-likeness (QED) is 0.789. The zero-order valence-corrected chi connectivity index (χ0v) is 13.2. The lowest BCUT2D eigenvalue weighted by Crippen LogP contribution is -2.59. The van der Waals surface area contributed by atoms with Crippen LogP contribution in [0.15, 0.2) is 0 Å². The molecule has 0 bridgehead atoms. The van der Waals surface area contributed by atoms with Crippen LogP contribution in [0.5, 0.6) is 0 Å². The monoisotopic (exact) mass is 282 g/mol. The second-order valence-electron chi connectivity index (χ2n) is 7.23. The van der Waals surface area contributed by atoms with E-state index in [9.17, 15) is 9.59 Å². The maximum Gasteiger partial charge on any atom is 0.246 e. The summed E-state index contributed by atoms with van der Waals surface area (Å²) in [6.07, 6.45) is 1.19. The van der Waals surface area contributed by atoms with Crippen LogP contribution in [-0.2, 0) is 14.3 Å². The van der Waals surface area contributed by atoms with Gasteiger partial charge >= 0.3 is 0 Å². The van der Waals surface area contributed by atoms with Gasteiger partial charge in [0.2, 0.25) is 11.8 Å². The molecule has 0 saturated carbocycles. The van der Waals surface area contributed by atoms with Crippen LogP contribution < -0.4 is 5.32 Å².